The summed E-state index contributed by atoms with van der Waals surface area (Å²) in [5.74, 6) is 0.105. The van der Waals surface area contributed by atoms with Gasteiger partial charge in [-0.2, -0.15) is 0 Å². The Morgan fingerprint density at radius 3 is 2.50 bits per heavy atom. The summed E-state index contributed by atoms with van der Waals surface area (Å²) >= 11 is 0. The third-order valence-electron chi connectivity index (χ3n) is 7.43. The summed E-state index contributed by atoms with van der Waals surface area (Å²) in [7, 11) is 0. The lowest BCUT2D eigenvalue weighted by molar-refractivity contribution is 0.0205. The van der Waals surface area contributed by atoms with Crippen molar-refractivity contribution >= 4 is 11.8 Å². The number of aromatic nitrogens is 3. The molecule has 0 bridgehead atoms. The molecule has 0 N–H and O–H groups in total. The average molecular weight is 580 g/mol. The fourth-order valence-corrected chi connectivity index (χ4v) is 5.46. The minimum absolute atomic E-state index is 0.0464. The maximum Gasteiger partial charge on any atom is 0.410 e. The minimum Gasteiger partial charge on any atom is -0.486 e. The maximum absolute atomic E-state index is 15.1. The van der Waals surface area contributed by atoms with Gasteiger partial charge in [-0.15, -0.1) is 0 Å². The predicted octanol–water partition coefficient (Wildman–Crippen LogP) is 6.38. The number of hydrogen-bond donors (Lipinski definition) is 0. The lowest BCUT2D eigenvalue weighted by Crippen LogP contribution is -2.41. The van der Waals surface area contributed by atoms with Gasteiger partial charge < -0.3 is 19.3 Å². The molecule has 4 heterocycles. The van der Waals surface area contributed by atoms with Crippen LogP contribution in [0.3, 0.4) is 0 Å². The van der Waals surface area contributed by atoms with Gasteiger partial charge in [0.15, 0.2) is 17.4 Å². The van der Waals surface area contributed by atoms with Crippen LogP contribution >= 0.6 is 0 Å². The van der Waals surface area contributed by atoms with Crippen LogP contribution in [0.15, 0.2) is 36.7 Å². The summed E-state index contributed by atoms with van der Waals surface area (Å²) in [6, 6.07) is 6.99. The molecule has 3 aromatic rings. The van der Waals surface area contributed by atoms with Gasteiger partial charge in [-0.3, -0.25) is 4.98 Å². The van der Waals surface area contributed by atoms with Crippen LogP contribution < -0.4 is 9.64 Å². The molecule has 5 rings (SSSR count). The Morgan fingerprint density at radius 1 is 1.07 bits per heavy atom. The minimum atomic E-state index is -0.619. The Balaban J connectivity index is 1.27. The first-order chi connectivity index (χ1) is 20.0. The van der Waals surface area contributed by atoms with E-state index in [-0.39, 0.29) is 17.5 Å². The van der Waals surface area contributed by atoms with Gasteiger partial charge in [0.25, 0.3) is 0 Å². The van der Waals surface area contributed by atoms with Crippen molar-refractivity contribution in [1.29, 1.82) is 0 Å². The number of fused-ring (bicyclic) bond motifs is 1. The highest BCUT2D eigenvalue weighted by Crippen LogP contribution is 2.39. The maximum atomic E-state index is 15.1. The van der Waals surface area contributed by atoms with E-state index in [1.54, 1.807) is 11.0 Å². The molecule has 0 saturated carbocycles. The fraction of sp³-hybridized carbons (Fsp3) is 0.500. The van der Waals surface area contributed by atoms with Crippen LogP contribution in [0.25, 0.3) is 11.3 Å². The molecule has 1 fully saturated rings. The second kappa shape index (κ2) is 12.2. The van der Waals surface area contributed by atoms with Gasteiger partial charge in [0.2, 0.25) is 0 Å². The highest BCUT2D eigenvalue weighted by atomic mass is 19.1. The summed E-state index contributed by atoms with van der Waals surface area (Å²) in [6.07, 6.45) is 4.69. The van der Waals surface area contributed by atoms with Gasteiger partial charge in [0.1, 0.15) is 23.7 Å². The molecule has 0 unspecified atom stereocenters. The van der Waals surface area contributed by atoms with Crippen molar-refractivity contribution in [3.05, 3.63) is 65.4 Å². The number of benzene rings is 1. The second-order valence-corrected chi connectivity index (χ2v) is 12.5. The van der Waals surface area contributed by atoms with Crippen LogP contribution in [-0.4, -0.2) is 64.3 Å². The summed E-state index contributed by atoms with van der Waals surface area (Å²) in [4.78, 5) is 29.5. The van der Waals surface area contributed by atoms with E-state index in [4.69, 9.17) is 9.47 Å². The van der Waals surface area contributed by atoms with Crippen molar-refractivity contribution in [2.24, 2.45) is 5.92 Å². The molecular weight excluding hydrogens is 540 g/mol. The number of rotatable bonds is 6. The molecule has 10 heteroatoms. The van der Waals surface area contributed by atoms with Crippen LogP contribution in [-0.2, 0) is 11.2 Å². The van der Waals surface area contributed by atoms with Gasteiger partial charge in [-0.1, -0.05) is 19.9 Å². The summed E-state index contributed by atoms with van der Waals surface area (Å²) < 4.78 is 41.1. The Morgan fingerprint density at radius 2 is 1.83 bits per heavy atom. The average Bonchev–Trinajstić information content (AvgIpc) is 2.94. The number of anilines is 1. The van der Waals surface area contributed by atoms with Gasteiger partial charge in [0.05, 0.1) is 24.8 Å². The number of piperidine rings is 1. The first-order valence-electron chi connectivity index (χ1n) is 14.6. The van der Waals surface area contributed by atoms with E-state index in [0.29, 0.717) is 61.6 Å². The summed E-state index contributed by atoms with van der Waals surface area (Å²) in [5, 5.41) is 0. The largest absolute Gasteiger partial charge is 0.486 e. The Kier molecular flexibility index (Phi) is 8.61. The van der Waals surface area contributed by atoms with Gasteiger partial charge >= 0.3 is 6.09 Å². The zero-order valence-corrected chi connectivity index (χ0v) is 25.0. The van der Waals surface area contributed by atoms with Crippen LogP contribution in [0, 0.1) is 17.6 Å². The predicted molar refractivity (Wildman–Crippen MR) is 157 cm³/mol. The van der Waals surface area contributed by atoms with Crippen molar-refractivity contribution < 1.29 is 23.0 Å². The number of carbonyl (C=O) groups excluding carboxylic acids is 1. The fourth-order valence-electron chi connectivity index (χ4n) is 5.46. The molecule has 0 radical (unpaired) electrons. The smallest absolute Gasteiger partial charge is 0.410 e. The summed E-state index contributed by atoms with van der Waals surface area (Å²) in [5.41, 5.74) is 2.34. The van der Waals surface area contributed by atoms with E-state index < -0.39 is 17.2 Å². The SMILES string of the molecule is CC(C)CN1CCOc2c(F)cc(-c3nc(Cc4ccc(C5CCN(C(=O)OC(C)(C)C)CC5)cn4)ncc3F)cc21. The van der Waals surface area contributed by atoms with Gasteiger partial charge in [-0.25, -0.2) is 23.5 Å². The number of pyridine rings is 1. The number of ether oxygens (including phenoxy) is 2. The van der Waals surface area contributed by atoms with E-state index in [1.165, 1.54) is 6.07 Å². The number of amides is 1. The first-order valence-corrected chi connectivity index (χ1v) is 14.6. The molecule has 0 aliphatic carbocycles. The van der Waals surface area contributed by atoms with Crippen LogP contribution in [0.5, 0.6) is 5.75 Å². The summed E-state index contributed by atoms with van der Waals surface area (Å²) in [6.45, 7) is 12.9. The zero-order chi connectivity index (χ0) is 30.0. The lowest BCUT2D eigenvalue weighted by atomic mass is 9.90. The Hall–Kier alpha value is -3.82. The quantitative estimate of drug-likeness (QED) is 0.335. The molecule has 0 spiro atoms. The van der Waals surface area contributed by atoms with E-state index >= 15 is 4.39 Å². The van der Waals surface area contributed by atoms with Crippen LogP contribution in [0.1, 0.15) is 70.5 Å². The van der Waals surface area contributed by atoms with Gasteiger partial charge in [0, 0.05) is 37.1 Å². The number of likely N-dealkylation sites (tertiary alicyclic amines) is 1. The van der Waals surface area contributed by atoms with Crippen LogP contribution in [0.4, 0.5) is 19.3 Å². The number of carbonyl (C=O) groups is 1. The van der Waals surface area contributed by atoms with Crippen molar-refractivity contribution in [3.63, 3.8) is 0 Å². The molecule has 8 nitrogen and oxygen atoms in total. The number of halogens is 2. The third-order valence-corrected chi connectivity index (χ3v) is 7.43. The molecule has 1 aromatic carbocycles. The number of hydrogen-bond acceptors (Lipinski definition) is 7. The monoisotopic (exact) mass is 579 g/mol. The van der Waals surface area contributed by atoms with E-state index in [1.807, 2.05) is 39.1 Å². The van der Waals surface area contributed by atoms with E-state index in [2.05, 4.69) is 33.7 Å². The molecule has 2 aliphatic rings. The molecule has 42 heavy (non-hydrogen) atoms. The molecule has 2 aromatic heterocycles. The molecule has 0 atom stereocenters. The van der Waals surface area contributed by atoms with Gasteiger partial charge in [-0.05, 0) is 69.2 Å². The first kappa shape index (κ1) is 29.7. The molecule has 1 saturated heterocycles. The zero-order valence-electron chi connectivity index (χ0n) is 25.0. The standard InChI is InChI=1S/C32H39F2N5O3/c1-20(2)19-39-12-13-41-30-25(33)14-23(15-27(30)39)29-26(34)18-36-28(37-29)16-24-7-6-22(17-35-24)21-8-10-38(11-9-21)31(40)42-32(3,4)5/h6-7,14-15,17-18,20-21H,8-13,16,19H2,1-5H3. The number of nitrogens with zero attached hydrogens (tertiary/aromatic N) is 5. The van der Waals surface area contributed by atoms with E-state index in [9.17, 15) is 9.18 Å². The molecule has 1 amide bonds. The molecule has 224 valence electrons. The molecular formula is C32H39F2N5O3. The van der Waals surface area contributed by atoms with Crippen molar-refractivity contribution in [2.75, 3.05) is 37.7 Å². The van der Waals surface area contributed by atoms with Crippen LogP contribution in [0.2, 0.25) is 0 Å². The Labute approximate surface area is 246 Å². The van der Waals surface area contributed by atoms with Crippen molar-refractivity contribution in [1.82, 2.24) is 19.9 Å². The lowest BCUT2D eigenvalue weighted by Gasteiger charge is -2.33. The topological polar surface area (TPSA) is 80.7 Å². The second-order valence-electron chi connectivity index (χ2n) is 12.5. The Bertz CT molecular complexity index is 1420. The highest BCUT2D eigenvalue weighted by Gasteiger charge is 2.28. The van der Waals surface area contributed by atoms with Crippen molar-refractivity contribution in [2.45, 2.75) is 65.4 Å². The van der Waals surface area contributed by atoms with Crippen molar-refractivity contribution in [3.8, 4) is 17.0 Å². The third kappa shape index (κ3) is 6.97. The molecule has 2 aliphatic heterocycles. The van der Waals surface area contributed by atoms with E-state index in [0.717, 1.165) is 36.8 Å². The normalized spacial score (nSPS) is 15.9. The highest BCUT2D eigenvalue weighted by molar-refractivity contribution is 5.72.